The molecule has 2 heterocycles. The lowest BCUT2D eigenvalue weighted by atomic mass is 9.91. The van der Waals surface area contributed by atoms with Crippen LogP contribution in [-0.4, -0.2) is 34.3 Å². The minimum absolute atomic E-state index is 0.461. The molecular formula is C14H26N4. The van der Waals surface area contributed by atoms with Gasteiger partial charge in [0, 0.05) is 24.3 Å². The van der Waals surface area contributed by atoms with E-state index in [1.165, 1.54) is 31.4 Å². The molecule has 18 heavy (non-hydrogen) atoms. The summed E-state index contributed by atoms with van der Waals surface area (Å²) in [5, 5.41) is 4.43. The number of aromatic nitrogens is 2. The van der Waals surface area contributed by atoms with Gasteiger partial charge in [0.2, 0.25) is 0 Å². The van der Waals surface area contributed by atoms with Crippen LogP contribution in [0.3, 0.4) is 0 Å². The number of nitrogens with zero attached hydrogens (tertiary/aromatic N) is 3. The summed E-state index contributed by atoms with van der Waals surface area (Å²) in [6.45, 7) is 8.37. The van der Waals surface area contributed by atoms with E-state index in [1.54, 1.807) is 0 Å². The van der Waals surface area contributed by atoms with Gasteiger partial charge in [0.05, 0.1) is 6.20 Å². The Labute approximate surface area is 110 Å². The maximum absolute atomic E-state index is 6.00. The lowest BCUT2D eigenvalue weighted by Crippen LogP contribution is -2.35. The van der Waals surface area contributed by atoms with Crippen LogP contribution in [0, 0.1) is 5.92 Å². The standard InChI is InChI=1S/C14H26N4/c1-3-17-8-6-5-7-12(9-15)14(17)13-10-16-18(4-2)11-13/h10-12,14H,3-9,15H2,1-2H3. The van der Waals surface area contributed by atoms with Crippen LogP contribution in [0.25, 0.3) is 0 Å². The Morgan fingerprint density at radius 3 is 2.78 bits per heavy atom. The molecule has 2 rings (SSSR count). The van der Waals surface area contributed by atoms with Gasteiger partial charge in [-0.15, -0.1) is 0 Å². The molecule has 0 aliphatic carbocycles. The fraction of sp³-hybridized carbons (Fsp3) is 0.786. The fourth-order valence-electron chi connectivity index (χ4n) is 3.11. The van der Waals surface area contributed by atoms with Gasteiger partial charge < -0.3 is 5.73 Å². The third-order valence-electron chi connectivity index (χ3n) is 4.14. The van der Waals surface area contributed by atoms with Crippen LogP contribution in [0.5, 0.6) is 0 Å². The van der Waals surface area contributed by atoms with Crippen molar-refractivity contribution in [3.05, 3.63) is 18.0 Å². The normalized spacial score (nSPS) is 26.2. The van der Waals surface area contributed by atoms with Crippen molar-refractivity contribution in [3.8, 4) is 0 Å². The molecule has 2 unspecified atom stereocenters. The summed E-state index contributed by atoms with van der Waals surface area (Å²) in [7, 11) is 0. The molecule has 0 amide bonds. The first kappa shape index (κ1) is 13.6. The quantitative estimate of drug-likeness (QED) is 0.889. The Morgan fingerprint density at radius 2 is 2.17 bits per heavy atom. The van der Waals surface area contributed by atoms with Gasteiger partial charge in [-0.05, 0) is 45.3 Å². The van der Waals surface area contributed by atoms with Crippen molar-refractivity contribution in [2.75, 3.05) is 19.6 Å². The van der Waals surface area contributed by atoms with Gasteiger partial charge in [-0.3, -0.25) is 9.58 Å². The fourth-order valence-corrected chi connectivity index (χ4v) is 3.11. The van der Waals surface area contributed by atoms with Crippen molar-refractivity contribution >= 4 is 0 Å². The number of rotatable bonds is 4. The summed E-state index contributed by atoms with van der Waals surface area (Å²) in [6.07, 6.45) is 8.07. The molecule has 2 atom stereocenters. The SMILES string of the molecule is CCN1CCCCC(CN)C1c1cnn(CC)c1. The second-order valence-corrected chi connectivity index (χ2v) is 5.19. The summed E-state index contributed by atoms with van der Waals surface area (Å²) in [5.41, 5.74) is 7.35. The van der Waals surface area contributed by atoms with E-state index in [0.717, 1.165) is 19.6 Å². The van der Waals surface area contributed by atoms with Crippen LogP contribution in [-0.2, 0) is 6.54 Å². The molecule has 4 heteroatoms. The molecule has 1 fully saturated rings. The minimum Gasteiger partial charge on any atom is -0.330 e. The zero-order valence-corrected chi connectivity index (χ0v) is 11.7. The summed E-state index contributed by atoms with van der Waals surface area (Å²) in [5.74, 6) is 0.571. The first-order chi connectivity index (χ1) is 8.80. The minimum atomic E-state index is 0.461. The van der Waals surface area contributed by atoms with Gasteiger partial charge in [-0.25, -0.2) is 0 Å². The van der Waals surface area contributed by atoms with Crippen molar-refractivity contribution in [2.24, 2.45) is 11.7 Å². The second kappa shape index (κ2) is 6.34. The average molecular weight is 250 g/mol. The van der Waals surface area contributed by atoms with E-state index in [4.69, 9.17) is 5.73 Å². The molecule has 0 spiro atoms. The number of likely N-dealkylation sites (tertiary alicyclic amines) is 1. The highest BCUT2D eigenvalue weighted by molar-refractivity contribution is 5.13. The molecule has 4 nitrogen and oxygen atoms in total. The molecule has 1 aromatic heterocycles. The van der Waals surface area contributed by atoms with Crippen molar-refractivity contribution in [1.82, 2.24) is 14.7 Å². The van der Waals surface area contributed by atoms with Gasteiger partial charge in [0.1, 0.15) is 0 Å². The van der Waals surface area contributed by atoms with Crippen molar-refractivity contribution in [1.29, 1.82) is 0 Å². The highest BCUT2D eigenvalue weighted by atomic mass is 15.3. The Kier molecular flexibility index (Phi) is 4.78. The van der Waals surface area contributed by atoms with Crippen LogP contribution >= 0.6 is 0 Å². The van der Waals surface area contributed by atoms with Gasteiger partial charge in [0.25, 0.3) is 0 Å². The largest absolute Gasteiger partial charge is 0.330 e. The first-order valence-corrected chi connectivity index (χ1v) is 7.26. The highest BCUT2D eigenvalue weighted by Gasteiger charge is 2.30. The Balaban J connectivity index is 2.26. The highest BCUT2D eigenvalue weighted by Crippen LogP contribution is 2.34. The van der Waals surface area contributed by atoms with E-state index in [-0.39, 0.29) is 0 Å². The van der Waals surface area contributed by atoms with Crippen molar-refractivity contribution < 1.29 is 0 Å². The smallest absolute Gasteiger partial charge is 0.0537 e. The summed E-state index contributed by atoms with van der Waals surface area (Å²) >= 11 is 0. The molecule has 0 bridgehead atoms. The van der Waals surface area contributed by atoms with Gasteiger partial charge >= 0.3 is 0 Å². The predicted octanol–water partition coefficient (Wildman–Crippen LogP) is 2.02. The first-order valence-electron chi connectivity index (χ1n) is 7.26. The Bertz CT molecular complexity index is 346. The maximum Gasteiger partial charge on any atom is 0.0537 e. The molecule has 1 aromatic rings. The van der Waals surface area contributed by atoms with Crippen LogP contribution in [0.4, 0.5) is 0 Å². The van der Waals surface area contributed by atoms with Gasteiger partial charge in [-0.1, -0.05) is 13.3 Å². The predicted molar refractivity (Wildman–Crippen MR) is 74.3 cm³/mol. The van der Waals surface area contributed by atoms with Crippen molar-refractivity contribution in [2.45, 2.75) is 45.7 Å². The summed E-state index contributed by atoms with van der Waals surface area (Å²) in [4.78, 5) is 2.57. The maximum atomic E-state index is 6.00. The number of aryl methyl sites for hydroxylation is 1. The Hall–Kier alpha value is -0.870. The molecule has 0 saturated carbocycles. The van der Waals surface area contributed by atoms with Gasteiger partial charge in [0.15, 0.2) is 0 Å². The van der Waals surface area contributed by atoms with Crippen molar-refractivity contribution in [3.63, 3.8) is 0 Å². The van der Waals surface area contributed by atoms with E-state index in [2.05, 4.69) is 30.0 Å². The molecule has 0 aromatic carbocycles. The van der Waals surface area contributed by atoms with Crippen LogP contribution in [0.2, 0.25) is 0 Å². The van der Waals surface area contributed by atoms with E-state index in [9.17, 15) is 0 Å². The van der Waals surface area contributed by atoms with Gasteiger partial charge in [-0.2, -0.15) is 5.10 Å². The summed E-state index contributed by atoms with van der Waals surface area (Å²) in [6, 6.07) is 0.461. The third-order valence-corrected chi connectivity index (χ3v) is 4.14. The lowest BCUT2D eigenvalue weighted by Gasteiger charge is -2.33. The van der Waals surface area contributed by atoms with Crippen LogP contribution < -0.4 is 5.73 Å². The molecule has 1 aliphatic rings. The van der Waals surface area contributed by atoms with Crippen LogP contribution in [0.15, 0.2) is 12.4 Å². The molecule has 1 saturated heterocycles. The number of hydrogen-bond donors (Lipinski definition) is 1. The van der Waals surface area contributed by atoms with E-state index < -0.39 is 0 Å². The zero-order valence-electron chi connectivity index (χ0n) is 11.7. The number of nitrogens with two attached hydrogens (primary N) is 1. The molecular weight excluding hydrogens is 224 g/mol. The molecule has 2 N–H and O–H groups in total. The topological polar surface area (TPSA) is 47.1 Å². The van der Waals surface area contributed by atoms with E-state index in [0.29, 0.717) is 12.0 Å². The molecule has 1 aliphatic heterocycles. The molecule has 0 radical (unpaired) electrons. The number of hydrogen-bond acceptors (Lipinski definition) is 3. The van der Waals surface area contributed by atoms with E-state index >= 15 is 0 Å². The Morgan fingerprint density at radius 1 is 1.33 bits per heavy atom. The molecule has 102 valence electrons. The lowest BCUT2D eigenvalue weighted by molar-refractivity contribution is 0.166. The van der Waals surface area contributed by atoms with E-state index in [1.807, 2.05) is 10.9 Å². The van der Waals surface area contributed by atoms with Crippen LogP contribution in [0.1, 0.15) is 44.7 Å². The second-order valence-electron chi connectivity index (χ2n) is 5.19. The monoisotopic (exact) mass is 250 g/mol. The summed E-state index contributed by atoms with van der Waals surface area (Å²) < 4.78 is 2.02. The average Bonchev–Trinajstić information content (AvgIpc) is 2.77. The third kappa shape index (κ3) is 2.75. The zero-order chi connectivity index (χ0) is 13.0.